The van der Waals surface area contributed by atoms with Gasteiger partial charge in [-0.15, -0.1) is 0 Å². The van der Waals surface area contributed by atoms with Crippen molar-refractivity contribution in [2.45, 2.75) is 18.3 Å². The zero-order valence-electron chi connectivity index (χ0n) is 12.6. The minimum Gasteiger partial charge on any atom is -0.483 e. The van der Waals surface area contributed by atoms with Gasteiger partial charge in [-0.05, 0) is 53.6 Å². The first kappa shape index (κ1) is 17.0. The summed E-state index contributed by atoms with van der Waals surface area (Å²) in [7, 11) is 1.40. The van der Waals surface area contributed by atoms with E-state index in [2.05, 4.69) is 12.1 Å². The zero-order valence-corrected chi connectivity index (χ0v) is 13.4. The number of benzene rings is 2. The van der Waals surface area contributed by atoms with E-state index < -0.39 is 0 Å². The van der Waals surface area contributed by atoms with Crippen molar-refractivity contribution in [3.05, 3.63) is 70.2 Å². The standard InChI is InChI=1S/C17H15ClO2.CH2O2/c1-20-17(19)13-4-2-11(3-5-13)15-10-16(15)12-6-8-14(18)9-7-12;2-1-3/h2-9,15-16H,10H2,1H3;1H,(H,2,3)/t15-,16?;/m1./s1. The molecule has 120 valence electrons. The van der Waals surface area contributed by atoms with Gasteiger partial charge in [0.15, 0.2) is 0 Å². The molecule has 2 atom stereocenters. The molecule has 0 amide bonds. The molecule has 5 heteroatoms. The lowest BCUT2D eigenvalue weighted by molar-refractivity contribution is -0.122. The second-order valence-electron chi connectivity index (χ2n) is 5.22. The summed E-state index contributed by atoms with van der Waals surface area (Å²) >= 11 is 5.91. The van der Waals surface area contributed by atoms with Crippen LogP contribution in [-0.4, -0.2) is 24.7 Å². The summed E-state index contributed by atoms with van der Waals surface area (Å²) in [5.41, 5.74) is 3.20. The predicted octanol–water partition coefficient (Wildman–Crippen LogP) is 4.10. The first-order chi connectivity index (χ1) is 11.1. The van der Waals surface area contributed by atoms with Crippen molar-refractivity contribution < 1.29 is 19.4 Å². The maximum atomic E-state index is 11.4. The summed E-state index contributed by atoms with van der Waals surface area (Å²) in [6.07, 6.45) is 1.15. The molecular weight excluding hydrogens is 316 g/mol. The van der Waals surface area contributed by atoms with Gasteiger partial charge in [-0.1, -0.05) is 35.9 Å². The van der Waals surface area contributed by atoms with Gasteiger partial charge in [0.05, 0.1) is 12.7 Å². The molecule has 1 fully saturated rings. The van der Waals surface area contributed by atoms with Gasteiger partial charge in [0.2, 0.25) is 0 Å². The highest BCUT2D eigenvalue weighted by Crippen LogP contribution is 2.54. The number of rotatable bonds is 3. The molecule has 0 aromatic heterocycles. The average Bonchev–Trinajstić information content (AvgIpc) is 3.36. The van der Waals surface area contributed by atoms with Crippen LogP contribution in [0.25, 0.3) is 0 Å². The van der Waals surface area contributed by atoms with Crippen molar-refractivity contribution in [1.29, 1.82) is 0 Å². The van der Waals surface area contributed by atoms with Crippen molar-refractivity contribution >= 4 is 24.0 Å². The van der Waals surface area contributed by atoms with E-state index in [-0.39, 0.29) is 12.4 Å². The van der Waals surface area contributed by atoms with Crippen LogP contribution in [0.5, 0.6) is 0 Å². The Morgan fingerprint density at radius 2 is 1.52 bits per heavy atom. The molecule has 0 radical (unpaired) electrons. The monoisotopic (exact) mass is 332 g/mol. The Labute approximate surface area is 139 Å². The van der Waals surface area contributed by atoms with Gasteiger partial charge in [0.25, 0.3) is 6.47 Å². The van der Waals surface area contributed by atoms with Gasteiger partial charge in [0, 0.05) is 5.02 Å². The quantitative estimate of drug-likeness (QED) is 0.679. The highest BCUT2D eigenvalue weighted by atomic mass is 35.5. The number of esters is 1. The van der Waals surface area contributed by atoms with Crippen LogP contribution in [0.2, 0.25) is 5.02 Å². The van der Waals surface area contributed by atoms with E-state index in [1.54, 1.807) is 0 Å². The molecule has 1 aliphatic carbocycles. The Balaban J connectivity index is 0.000000595. The molecule has 23 heavy (non-hydrogen) atoms. The molecule has 0 aliphatic heterocycles. The number of methoxy groups -OCH3 is 1. The van der Waals surface area contributed by atoms with E-state index in [9.17, 15) is 4.79 Å². The lowest BCUT2D eigenvalue weighted by Crippen LogP contribution is -2.00. The molecule has 2 aromatic carbocycles. The van der Waals surface area contributed by atoms with Crippen LogP contribution < -0.4 is 0 Å². The fourth-order valence-electron chi connectivity index (χ4n) is 2.63. The summed E-state index contributed by atoms with van der Waals surface area (Å²) < 4.78 is 4.70. The maximum absolute atomic E-state index is 11.4. The Morgan fingerprint density at radius 3 is 1.96 bits per heavy atom. The molecule has 1 saturated carbocycles. The van der Waals surface area contributed by atoms with Crippen LogP contribution in [-0.2, 0) is 9.53 Å². The fraction of sp³-hybridized carbons (Fsp3) is 0.222. The number of halogens is 1. The zero-order chi connectivity index (χ0) is 16.8. The Morgan fingerprint density at radius 1 is 1.09 bits per heavy atom. The second kappa shape index (κ2) is 7.79. The molecule has 0 bridgehead atoms. The van der Waals surface area contributed by atoms with Crippen molar-refractivity contribution in [3.8, 4) is 0 Å². The van der Waals surface area contributed by atoms with E-state index in [0.29, 0.717) is 17.4 Å². The smallest absolute Gasteiger partial charge is 0.337 e. The summed E-state index contributed by atoms with van der Waals surface area (Å²) in [5.74, 6) is 0.820. The number of ether oxygens (including phenoxy) is 1. The predicted molar refractivity (Wildman–Crippen MR) is 88.0 cm³/mol. The van der Waals surface area contributed by atoms with Gasteiger partial charge in [-0.25, -0.2) is 4.79 Å². The van der Waals surface area contributed by atoms with Crippen LogP contribution in [0.15, 0.2) is 48.5 Å². The number of carboxylic acid groups (broad SMARTS) is 1. The third-order valence-electron chi connectivity index (χ3n) is 3.85. The SMILES string of the molecule is COC(=O)c1ccc([C@H]2CC2c2ccc(Cl)cc2)cc1.O=CO. The van der Waals surface area contributed by atoms with Crippen LogP contribution >= 0.6 is 11.6 Å². The van der Waals surface area contributed by atoms with Gasteiger partial charge < -0.3 is 9.84 Å². The molecule has 3 rings (SSSR count). The van der Waals surface area contributed by atoms with Crippen molar-refractivity contribution in [3.63, 3.8) is 0 Å². The van der Waals surface area contributed by atoms with Gasteiger partial charge in [0.1, 0.15) is 0 Å². The van der Waals surface area contributed by atoms with E-state index in [0.717, 1.165) is 11.4 Å². The fourth-order valence-corrected chi connectivity index (χ4v) is 2.75. The Kier molecular flexibility index (Phi) is 5.77. The van der Waals surface area contributed by atoms with E-state index >= 15 is 0 Å². The highest BCUT2D eigenvalue weighted by Gasteiger charge is 2.39. The molecule has 1 unspecified atom stereocenters. The number of hydrogen-bond donors (Lipinski definition) is 1. The largest absolute Gasteiger partial charge is 0.483 e. The Bertz CT molecular complexity index is 664. The van der Waals surface area contributed by atoms with Gasteiger partial charge >= 0.3 is 5.97 Å². The number of carbonyl (C=O) groups is 2. The Hall–Kier alpha value is -2.33. The topological polar surface area (TPSA) is 63.6 Å². The van der Waals surface area contributed by atoms with Gasteiger partial charge in [-0.2, -0.15) is 0 Å². The second-order valence-corrected chi connectivity index (χ2v) is 5.66. The third kappa shape index (κ3) is 4.33. The molecule has 0 heterocycles. The molecule has 0 spiro atoms. The number of hydrogen-bond acceptors (Lipinski definition) is 3. The molecular formula is C18H17ClO4. The van der Waals surface area contributed by atoms with E-state index in [4.69, 9.17) is 26.2 Å². The minimum atomic E-state index is -0.290. The lowest BCUT2D eigenvalue weighted by atomic mass is 10.0. The molecule has 1 N–H and O–H groups in total. The van der Waals surface area contributed by atoms with Crippen LogP contribution in [0.1, 0.15) is 39.7 Å². The normalized spacial score (nSPS) is 18.3. The average molecular weight is 333 g/mol. The summed E-state index contributed by atoms with van der Waals surface area (Å²) in [6.45, 7) is -0.250. The first-order valence-electron chi connectivity index (χ1n) is 7.12. The van der Waals surface area contributed by atoms with Gasteiger partial charge in [-0.3, -0.25) is 4.79 Å². The van der Waals surface area contributed by atoms with Crippen LogP contribution in [0.3, 0.4) is 0 Å². The summed E-state index contributed by atoms with van der Waals surface area (Å²) in [6, 6.07) is 15.8. The molecule has 2 aromatic rings. The van der Waals surface area contributed by atoms with Crippen LogP contribution in [0.4, 0.5) is 0 Å². The van der Waals surface area contributed by atoms with E-state index in [1.165, 1.54) is 18.2 Å². The van der Waals surface area contributed by atoms with Crippen molar-refractivity contribution in [2.75, 3.05) is 7.11 Å². The van der Waals surface area contributed by atoms with Crippen LogP contribution in [0, 0.1) is 0 Å². The maximum Gasteiger partial charge on any atom is 0.337 e. The van der Waals surface area contributed by atoms with E-state index in [1.807, 2.05) is 36.4 Å². The highest BCUT2D eigenvalue weighted by molar-refractivity contribution is 6.30. The lowest BCUT2D eigenvalue weighted by Gasteiger charge is -2.03. The molecule has 4 nitrogen and oxygen atoms in total. The summed E-state index contributed by atoms with van der Waals surface area (Å²) in [5, 5.41) is 7.66. The first-order valence-corrected chi connectivity index (χ1v) is 7.50. The molecule has 1 aliphatic rings. The molecule has 0 saturated heterocycles. The number of carbonyl (C=O) groups excluding carboxylic acids is 1. The van der Waals surface area contributed by atoms with Crippen molar-refractivity contribution in [2.24, 2.45) is 0 Å². The van der Waals surface area contributed by atoms with Crippen molar-refractivity contribution in [1.82, 2.24) is 0 Å². The third-order valence-corrected chi connectivity index (χ3v) is 4.10. The minimum absolute atomic E-state index is 0.250. The summed E-state index contributed by atoms with van der Waals surface area (Å²) in [4.78, 5) is 19.8.